The fourth-order valence-corrected chi connectivity index (χ4v) is 2.12. The SMILES string of the molecule is CC1(C)OC[C@@H](CCc2cnc(Cl)c(Cl)c2)O1. The zero-order valence-corrected chi connectivity index (χ0v) is 11.4. The summed E-state index contributed by atoms with van der Waals surface area (Å²) < 4.78 is 11.2. The van der Waals surface area contributed by atoms with Crippen LogP contribution in [0.15, 0.2) is 12.3 Å². The first-order valence-corrected chi connectivity index (χ1v) is 6.33. The molecule has 0 aliphatic carbocycles. The molecule has 0 unspecified atom stereocenters. The van der Waals surface area contributed by atoms with Crippen molar-refractivity contribution in [2.24, 2.45) is 0 Å². The van der Waals surface area contributed by atoms with Gasteiger partial charge in [0, 0.05) is 6.20 Å². The van der Waals surface area contributed by atoms with Gasteiger partial charge in [-0.25, -0.2) is 4.98 Å². The van der Waals surface area contributed by atoms with Crippen LogP contribution in [0.4, 0.5) is 0 Å². The Labute approximate surface area is 111 Å². The first-order valence-electron chi connectivity index (χ1n) is 5.58. The second-order valence-corrected chi connectivity index (χ2v) is 5.37. The van der Waals surface area contributed by atoms with E-state index in [4.69, 9.17) is 32.7 Å². The third kappa shape index (κ3) is 3.55. The fraction of sp³-hybridized carbons (Fsp3) is 0.583. The van der Waals surface area contributed by atoms with E-state index in [9.17, 15) is 0 Å². The molecule has 1 atom stereocenters. The summed E-state index contributed by atoms with van der Waals surface area (Å²) in [6.07, 6.45) is 3.63. The molecule has 2 heterocycles. The molecule has 1 aliphatic rings. The van der Waals surface area contributed by atoms with Crippen LogP contribution in [0.25, 0.3) is 0 Å². The van der Waals surface area contributed by atoms with E-state index in [1.54, 1.807) is 6.20 Å². The van der Waals surface area contributed by atoms with Crippen molar-refractivity contribution in [1.29, 1.82) is 0 Å². The van der Waals surface area contributed by atoms with Crippen molar-refractivity contribution in [1.82, 2.24) is 4.98 Å². The van der Waals surface area contributed by atoms with E-state index >= 15 is 0 Å². The van der Waals surface area contributed by atoms with E-state index in [0.29, 0.717) is 16.8 Å². The number of hydrogen-bond donors (Lipinski definition) is 0. The molecule has 5 heteroatoms. The molecule has 0 radical (unpaired) electrons. The standard InChI is InChI=1S/C12H15Cl2NO2/c1-12(2)16-7-9(17-12)4-3-8-5-10(13)11(14)15-6-8/h5-6,9H,3-4,7H2,1-2H3/t9-/m1/s1. The van der Waals surface area contributed by atoms with Gasteiger partial charge in [0.15, 0.2) is 5.79 Å². The molecule has 1 aromatic rings. The van der Waals surface area contributed by atoms with E-state index < -0.39 is 5.79 Å². The van der Waals surface area contributed by atoms with Gasteiger partial charge in [-0.1, -0.05) is 23.2 Å². The number of ether oxygens (including phenoxy) is 2. The van der Waals surface area contributed by atoms with Crippen molar-refractivity contribution in [2.45, 2.75) is 38.6 Å². The summed E-state index contributed by atoms with van der Waals surface area (Å²) in [5.41, 5.74) is 1.06. The molecule has 94 valence electrons. The van der Waals surface area contributed by atoms with Gasteiger partial charge in [-0.05, 0) is 38.3 Å². The predicted molar refractivity (Wildman–Crippen MR) is 67.5 cm³/mol. The van der Waals surface area contributed by atoms with Crippen LogP contribution in [0.3, 0.4) is 0 Å². The van der Waals surface area contributed by atoms with Crippen molar-refractivity contribution in [3.8, 4) is 0 Å². The maximum atomic E-state index is 5.90. The smallest absolute Gasteiger partial charge is 0.163 e. The summed E-state index contributed by atoms with van der Waals surface area (Å²) in [6, 6.07) is 1.85. The minimum absolute atomic E-state index is 0.138. The molecule has 0 saturated carbocycles. The van der Waals surface area contributed by atoms with Crippen LogP contribution in [0.2, 0.25) is 10.2 Å². The van der Waals surface area contributed by atoms with Crippen molar-refractivity contribution in [3.05, 3.63) is 28.0 Å². The van der Waals surface area contributed by atoms with Crippen LogP contribution in [-0.4, -0.2) is 23.5 Å². The van der Waals surface area contributed by atoms with Gasteiger partial charge >= 0.3 is 0 Å². The van der Waals surface area contributed by atoms with Crippen LogP contribution >= 0.6 is 23.2 Å². The molecule has 0 N–H and O–H groups in total. The summed E-state index contributed by atoms with van der Waals surface area (Å²) in [7, 11) is 0. The Morgan fingerprint density at radius 2 is 2.24 bits per heavy atom. The Bertz CT molecular complexity index is 409. The number of aryl methyl sites for hydroxylation is 1. The summed E-state index contributed by atoms with van der Waals surface area (Å²) in [5, 5.41) is 0.838. The number of hydrogen-bond acceptors (Lipinski definition) is 3. The minimum atomic E-state index is -0.458. The molecule has 0 amide bonds. The number of pyridine rings is 1. The van der Waals surface area contributed by atoms with Crippen LogP contribution in [0, 0.1) is 0 Å². The van der Waals surface area contributed by atoms with Crippen LogP contribution < -0.4 is 0 Å². The number of halogens is 2. The highest BCUT2D eigenvalue weighted by Gasteiger charge is 2.32. The fourth-order valence-electron chi connectivity index (χ4n) is 1.83. The molecule has 1 fully saturated rings. The molecule has 2 rings (SSSR count). The Balaban J connectivity index is 1.88. The van der Waals surface area contributed by atoms with Crippen molar-refractivity contribution >= 4 is 23.2 Å². The van der Waals surface area contributed by atoms with Crippen LogP contribution in [0.5, 0.6) is 0 Å². The zero-order valence-electron chi connectivity index (χ0n) is 9.87. The van der Waals surface area contributed by atoms with Crippen molar-refractivity contribution in [2.75, 3.05) is 6.61 Å². The molecular weight excluding hydrogens is 261 g/mol. The Hall–Kier alpha value is -0.350. The van der Waals surface area contributed by atoms with E-state index in [1.165, 1.54) is 0 Å². The van der Waals surface area contributed by atoms with Gasteiger partial charge in [0.1, 0.15) is 5.15 Å². The van der Waals surface area contributed by atoms with Crippen LogP contribution in [0.1, 0.15) is 25.8 Å². The molecular formula is C12H15Cl2NO2. The van der Waals surface area contributed by atoms with E-state index in [0.717, 1.165) is 18.4 Å². The van der Waals surface area contributed by atoms with E-state index in [1.807, 2.05) is 19.9 Å². The Kier molecular flexibility index (Phi) is 3.93. The van der Waals surface area contributed by atoms with Gasteiger partial charge in [0.05, 0.1) is 17.7 Å². The first-order chi connectivity index (χ1) is 7.96. The lowest BCUT2D eigenvalue weighted by atomic mass is 10.1. The molecule has 17 heavy (non-hydrogen) atoms. The first kappa shape index (κ1) is 13.1. The minimum Gasteiger partial charge on any atom is -0.348 e. The van der Waals surface area contributed by atoms with Gasteiger partial charge < -0.3 is 9.47 Å². The zero-order chi connectivity index (χ0) is 12.5. The molecule has 1 aromatic heterocycles. The summed E-state index contributed by atoms with van der Waals surface area (Å²) in [6.45, 7) is 4.49. The lowest BCUT2D eigenvalue weighted by molar-refractivity contribution is -0.138. The summed E-state index contributed by atoms with van der Waals surface area (Å²) in [4.78, 5) is 4.01. The maximum Gasteiger partial charge on any atom is 0.163 e. The second kappa shape index (κ2) is 5.11. The third-order valence-electron chi connectivity index (χ3n) is 2.68. The molecule has 0 aromatic carbocycles. The van der Waals surface area contributed by atoms with Crippen molar-refractivity contribution < 1.29 is 9.47 Å². The number of nitrogens with zero attached hydrogens (tertiary/aromatic N) is 1. The Morgan fingerprint density at radius 1 is 1.47 bits per heavy atom. The lowest BCUT2D eigenvalue weighted by Gasteiger charge is -2.17. The average Bonchev–Trinajstić information content (AvgIpc) is 2.60. The highest BCUT2D eigenvalue weighted by Crippen LogP contribution is 2.26. The second-order valence-electron chi connectivity index (χ2n) is 4.61. The van der Waals surface area contributed by atoms with E-state index in [2.05, 4.69) is 4.98 Å². The lowest BCUT2D eigenvalue weighted by Crippen LogP contribution is -2.21. The van der Waals surface area contributed by atoms with Gasteiger partial charge in [0.25, 0.3) is 0 Å². The molecule has 1 aliphatic heterocycles. The highest BCUT2D eigenvalue weighted by atomic mass is 35.5. The highest BCUT2D eigenvalue weighted by molar-refractivity contribution is 6.41. The third-order valence-corrected chi connectivity index (χ3v) is 3.36. The largest absolute Gasteiger partial charge is 0.348 e. The van der Waals surface area contributed by atoms with Gasteiger partial charge in [-0.15, -0.1) is 0 Å². The predicted octanol–water partition coefficient (Wildman–Crippen LogP) is 3.47. The normalized spacial score (nSPS) is 22.9. The quantitative estimate of drug-likeness (QED) is 0.792. The van der Waals surface area contributed by atoms with Gasteiger partial charge in [-0.3, -0.25) is 0 Å². The maximum absolute atomic E-state index is 5.90. The monoisotopic (exact) mass is 275 g/mol. The summed E-state index contributed by atoms with van der Waals surface area (Å²) >= 11 is 11.7. The average molecular weight is 276 g/mol. The molecule has 1 saturated heterocycles. The van der Waals surface area contributed by atoms with Gasteiger partial charge in [0.2, 0.25) is 0 Å². The number of rotatable bonds is 3. The molecule has 3 nitrogen and oxygen atoms in total. The van der Waals surface area contributed by atoms with Gasteiger partial charge in [-0.2, -0.15) is 0 Å². The van der Waals surface area contributed by atoms with E-state index in [-0.39, 0.29) is 6.10 Å². The van der Waals surface area contributed by atoms with Crippen LogP contribution in [-0.2, 0) is 15.9 Å². The Morgan fingerprint density at radius 3 is 2.82 bits per heavy atom. The number of aromatic nitrogens is 1. The molecule has 0 spiro atoms. The summed E-state index contributed by atoms with van der Waals surface area (Å²) in [5.74, 6) is -0.458. The molecule has 0 bridgehead atoms. The van der Waals surface area contributed by atoms with Crippen molar-refractivity contribution in [3.63, 3.8) is 0 Å². The topological polar surface area (TPSA) is 31.4 Å².